The zero-order chi connectivity index (χ0) is 17.9. The highest BCUT2D eigenvalue weighted by atomic mass is 16.4. The van der Waals surface area contributed by atoms with Crippen LogP contribution in [0.1, 0.15) is 49.0 Å². The normalized spacial score (nSPS) is 14.9. The number of aryl methyl sites for hydroxylation is 2. The molecule has 0 saturated heterocycles. The Bertz CT molecular complexity index is 689. The first kappa shape index (κ1) is 18.1. The number of urea groups is 1. The number of aromatic nitrogens is 2. The molecule has 0 bridgehead atoms. The lowest BCUT2D eigenvalue weighted by Crippen LogP contribution is -2.44. The summed E-state index contributed by atoms with van der Waals surface area (Å²) in [4.78, 5) is 12.2. The summed E-state index contributed by atoms with van der Waals surface area (Å²) in [5.74, 6) is 0.411. The number of hydrogen-bond acceptors (Lipinski definition) is 4. The summed E-state index contributed by atoms with van der Waals surface area (Å²) in [7, 11) is 1.89. The van der Waals surface area contributed by atoms with Crippen molar-refractivity contribution in [2.75, 3.05) is 6.54 Å². The molecule has 7 heteroatoms. The molecule has 0 saturated carbocycles. The van der Waals surface area contributed by atoms with Crippen LogP contribution in [0.25, 0.3) is 0 Å². The summed E-state index contributed by atoms with van der Waals surface area (Å²) in [5, 5.41) is 20.4. The number of hydrogen-bond donors (Lipinski definition) is 3. The van der Waals surface area contributed by atoms with Crippen molar-refractivity contribution < 1.29 is 14.3 Å². The first-order chi connectivity index (χ1) is 11.3. The Labute approximate surface area is 142 Å². The predicted octanol–water partition coefficient (Wildman–Crippen LogP) is 2.29. The van der Waals surface area contributed by atoms with Crippen molar-refractivity contribution in [2.45, 2.75) is 45.8 Å². The number of furan rings is 1. The Hall–Kier alpha value is -2.28. The van der Waals surface area contributed by atoms with E-state index in [0.29, 0.717) is 5.76 Å². The molecule has 0 aliphatic carbocycles. The van der Waals surface area contributed by atoms with E-state index >= 15 is 0 Å². The van der Waals surface area contributed by atoms with Gasteiger partial charge in [-0.25, -0.2) is 4.79 Å². The molecule has 2 amide bonds. The monoisotopic (exact) mass is 334 g/mol. The van der Waals surface area contributed by atoms with Crippen molar-refractivity contribution in [2.24, 2.45) is 7.05 Å². The van der Waals surface area contributed by atoms with E-state index in [1.165, 1.54) is 6.26 Å². The molecule has 0 radical (unpaired) electrons. The zero-order valence-electron chi connectivity index (χ0n) is 14.9. The van der Waals surface area contributed by atoms with Crippen molar-refractivity contribution in [3.05, 3.63) is 41.1 Å². The lowest BCUT2D eigenvalue weighted by Gasteiger charge is -2.23. The first-order valence-electron chi connectivity index (χ1n) is 8.07. The van der Waals surface area contributed by atoms with Crippen molar-refractivity contribution >= 4 is 6.03 Å². The van der Waals surface area contributed by atoms with Gasteiger partial charge in [0.2, 0.25) is 0 Å². The minimum Gasteiger partial charge on any atom is -0.466 e. The predicted molar refractivity (Wildman–Crippen MR) is 90.5 cm³/mol. The minimum atomic E-state index is -1.26. The van der Waals surface area contributed by atoms with Crippen LogP contribution in [-0.2, 0) is 12.6 Å². The number of carbonyl (C=O) groups is 1. The van der Waals surface area contributed by atoms with Crippen LogP contribution in [0.5, 0.6) is 0 Å². The third-order valence-electron chi connectivity index (χ3n) is 4.27. The molecule has 0 aliphatic rings. The van der Waals surface area contributed by atoms with Gasteiger partial charge in [-0.15, -0.1) is 0 Å². The van der Waals surface area contributed by atoms with Gasteiger partial charge in [-0.3, -0.25) is 4.68 Å². The second-order valence-electron chi connectivity index (χ2n) is 6.25. The van der Waals surface area contributed by atoms with Gasteiger partial charge in [0, 0.05) is 18.3 Å². The van der Waals surface area contributed by atoms with Crippen molar-refractivity contribution in [1.82, 2.24) is 20.4 Å². The average molecular weight is 334 g/mol. The van der Waals surface area contributed by atoms with Crippen LogP contribution in [0.4, 0.5) is 4.79 Å². The zero-order valence-corrected chi connectivity index (χ0v) is 14.9. The number of carbonyl (C=O) groups excluding carboxylic acids is 1. The standard InChI is InChI=1S/C17H26N4O3/c1-6-13(15-11(2)20-21(5)12(15)3)19-16(22)18-10-17(4,23)14-8-7-9-24-14/h7-9,13,23H,6,10H2,1-5H3,(H2,18,19,22). The van der Waals surface area contributed by atoms with Crippen molar-refractivity contribution in [1.29, 1.82) is 0 Å². The van der Waals surface area contributed by atoms with Gasteiger partial charge in [-0.1, -0.05) is 6.92 Å². The molecule has 2 rings (SSSR count). The maximum absolute atomic E-state index is 12.2. The van der Waals surface area contributed by atoms with E-state index < -0.39 is 5.60 Å². The van der Waals surface area contributed by atoms with Crippen LogP contribution < -0.4 is 10.6 Å². The summed E-state index contributed by atoms with van der Waals surface area (Å²) in [5.41, 5.74) is 1.71. The van der Waals surface area contributed by atoms with E-state index in [-0.39, 0.29) is 18.6 Å². The van der Waals surface area contributed by atoms with Gasteiger partial charge in [0.05, 0.1) is 24.5 Å². The number of nitrogens with zero attached hydrogens (tertiary/aromatic N) is 2. The SMILES string of the molecule is CCC(NC(=O)NCC(C)(O)c1ccco1)c1c(C)nn(C)c1C. The molecule has 0 aliphatic heterocycles. The largest absolute Gasteiger partial charge is 0.466 e. The van der Waals surface area contributed by atoms with E-state index in [9.17, 15) is 9.90 Å². The fourth-order valence-electron chi connectivity index (χ4n) is 2.81. The van der Waals surface area contributed by atoms with Crippen LogP contribution in [0.15, 0.2) is 22.8 Å². The number of rotatable bonds is 6. The molecule has 7 nitrogen and oxygen atoms in total. The summed E-state index contributed by atoms with van der Waals surface area (Å²) < 4.78 is 7.02. The first-order valence-corrected chi connectivity index (χ1v) is 8.07. The van der Waals surface area contributed by atoms with Gasteiger partial charge < -0.3 is 20.2 Å². The third-order valence-corrected chi connectivity index (χ3v) is 4.27. The number of aliphatic hydroxyl groups is 1. The Morgan fingerprint density at radius 2 is 2.21 bits per heavy atom. The molecule has 24 heavy (non-hydrogen) atoms. The third kappa shape index (κ3) is 3.79. The Kier molecular flexibility index (Phi) is 5.33. The van der Waals surface area contributed by atoms with Crippen LogP contribution in [0.2, 0.25) is 0 Å². The lowest BCUT2D eigenvalue weighted by atomic mass is 10.0. The van der Waals surface area contributed by atoms with E-state index in [2.05, 4.69) is 15.7 Å². The molecule has 132 valence electrons. The average Bonchev–Trinajstić information content (AvgIpc) is 3.14. The maximum atomic E-state index is 12.2. The molecule has 2 aromatic rings. The van der Waals surface area contributed by atoms with Gasteiger partial charge in [-0.2, -0.15) is 5.10 Å². The molecule has 0 fully saturated rings. The molecule has 2 aromatic heterocycles. The molecule has 2 unspecified atom stereocenters. The van der Waals surface area contributed by atoms with Crippen LogP contribution in [0.3, 0.4) is 0 Å². The van der Waals surface area contributed by atoms with E-state index in [0.717, 1.165) is 23.4 Å². The lowest BCUT2D eigenvalue weighted by molar-refractivity contribution is 0.0366. The molecule has 3 N–H and O–H groups in total. The minimum absolute atomic E-state index is 0.0494. The topological polar surface area (TPSA) is 92.3 Å². The molecule has 0 spiro atoms. The van der Waals surface area contributed by atoms with Gasteiger partial charge in [0.1, 0.15) is 11.4 Å². The Balaban J connectivity index is 2.00. The van der Waals surface area contributed by atoms with E-state index in [4.69, 9.17) is 4.42 Å². The summed E-state index contributed by atoms with van der Waals surface area (Å²) in [6, 6.07) is 2.91. The summed E-state index contributed by atoms with van der Waals surface area (Å²) in [6.07, 6.45) is 2.24. The van der Waals surface area contributed by atoms with Gasteiger partial charge in [0.15, 0.2) is 0 Å². The smallest absolute Gasteiger partial charge is 0.315 e. The summed E-state index contributed by atoms with van der Waals surface area (Å²) in [6.45, 7) is 7.58. The highest BCUT2D eigenvalue weighted by Gasteiger charge is 2.27. The fraction of sp³-hybridized carbons (Fsp3) is 0.529. The van der Waals surface area contributed by atoms with Crippen molar-refractivity contribution in [3.63, 3.8) is 0 Å². The van der Waals surface area contributed by atoms with E-state index in [1.54, 1.807) is 19.1 Å². The Morgan fingerprint density at radius 3 is 2.71 bits per heavy atom. The maximum Gasteiger partial charge on any atom is 0.315 e. The van der Waals surface area contributed by atoms with Crippen molar-refractivity contribution in [3.8, 4) is 0 Å². The molecule has 0 aromatic carbocycles. The van der Waals surface area contributed by atoms with Gasteiger partial charge >= 0.3 is 6.03 Å². The number of nitrogens with one attached hydrogen (secondary N) is 2. The van der Waals surface area contributed by atoms with Gasteiger partial charge in [0.25, 0.3) is 0 Å². The molecule has 2 atom stereocenters. The molecular formula is C17H26N4O3. The fourth-order valence-corrected chi connectivity index (χ4v) is 2.81. The second-order valence-corrected chi connectivity index (χ2v) is 6.25. The number of amides is 2. The second kappa shape index (κ2) is 7.09. The molecule has 2 heterocycles. The highest BCUT2D eigenvalue weighted by molar-refractivity contribution is 5.74. The molecular weight excluding hydrogens is 308 g/mol. The quantitative estimate of drug-likeness (QED) is 0.756. The van der Waals surface area contributed by atoms with Crippen LogP contribution >= 0.6 is 0 Å². The van der Waals surface area contributed by atoms with E-state index in [1.807, 2.05) is 32.5 Å². The highest BCUT2D eigenvalue weighted by Crippen LogP contribution is 2.24. The Morgan fingerprint density at radius 1 is 1.50 bits per heavy atom. The van der Waals surface area contributed by atoms with Crippen LogP contribution in [-0.4, -0.2) is 27.5 Å². The summed E-state index contributed by atoms with van der Waals surface area (Å²) >= 11 is 0. The van der Waals surface area contributed by atoms with Crippen LogP contribution in [0, 0.1) is 13.8 Å². The van der Waals surface area contributed by atoms with Gasteiger partial charge in [-0.05, 0) is 39.3 Å².